The van der Waals surface area contributed by atoms with Crippen molar-refractivity contribution in [2.24, 2.45) is 0 Å². The molecule has 0 fully saturated rings. The Morgan fingerprint density at radius 3 is 2.81 bits per heavy atom. The minimum absolute atomic E-state index is 0.0464. The molecule has 0 aliphatic carbocycles. The summed E-state index contributed by atoms with van der Waals surface area (Å²) in [6.07, 6.45) is 2.94. The SMILES string of the molecule is CCCNCCOc1ncnc(CC)c1F. The zero-order valence-electron chi connectivity index (χ0n) is 9.79. The van der Waals surface area contributed by atoms with Gasteiger partial charge in [-0.2, -0.15) is 9.37 Å². The van der Waals surface area contributed by atoms with Gasteiger partial charge in [-0.1, -0.05) is 13.8 Å². The molecule has 4 nitrogen and oxygen atoms in total. The van der Waals surface area contributed by atoms with Crippen molar-refractivity contribution in [3.63, 3.8) is 0 Å². The standard InChI is InChI=1S/C11H18FN3O/c1-3-5-13-6-7-16-11-10(12)9(4-2)14-8-15-11/h8,13H,3-7H2,1-2H3. The fourth-order valence-corrected chi connectivity index (χ4v) is 1.26. The van der Waals surface area contributed by atoms with Crippen molar-refractivity contribution >= 4 is 0 Å². The summed E-state index contributed by atoms with van der Waals surface area (Å²) in [4.78, 5) is 7.60. The van der Waals surface area contributed by atoms with Crippen LogP contribution in [0.1, 0.15) is 26.0 Å². The molecule has 1 aromatic rings. The average molecular weight is 227 g/mol. The third-order valence-electron chi connectivity index (χ3n) is 2.11. The van der Waals surface area contributed by atoms with Gasteiger partial charge in [-0.15, -0.1) is 0 Å². The molecule has 0 aromatic carbocycles. The van der Waals surface area contributed by atoms with E-state index in [-0.39, 0.29) is 5.88 Å². The van der Waals surface area contributed by atoms with Crippen LogP contribution in [0.2, 0.25) is 0 Å². The minimum atomic E-state index is -0.444. The zero-order valence-corrected chi connectivity index (χ0v) is 9.79. The molecule has 1 aromatic heterocycles. The molecule has 1 heterocycles. The van der Waals surface area contributed by atoms with Crippen LogP contribution in [0.4, 0.5) is 4.39 Å². The van der Waals surface area contributed by atoms with E-state index in [4.69, 9.17) is 4.74 Å². The number of nitrogens with zero attached hydrogens (tertiary/aromatic N) is 2. The fourth-order valence-electron chi connectivity index (χ4n) is 1.26. The summed E-state index contributed by atoms with van der Waals surface area (Å²) in [5, 5.41) is 3.16. The first-order valence-corrected chi connectivity index (χ1v) is 5.62. The first-order valence-electron chi connectivity index (χ1n) is 5.62. The second-order valence-corrected chi connectivity index (χ2v) is 3.39. The Hall–Kier alpha value is -1.23. The normalized spacial score (nSPS) is 10.4. The van der Waals surface area contributed by atoms with Crippen LogP contribution in [0.3, 0.4) is 0 Å². The predicted molar refractivity (Wildman–Crippen MR) is 60.0 cm³/mol. The van der Waals surface area contributed by atoms with Crippen LogP contribution < -0.4 is 10.1 Å². The summed E-state index contributed by atoms with van der Waals surface area (Å²) in [6, 6.07) is 0. The van der Waals surface area contributed by atoms with Crippen molar-refractivity contribution in [2.45, 2.75) is 26.7 Å². The van der Waals surface area contributed by atoms with E-state index in [1.54, 1.807) is 0 Å². The molecule has 1 rings (SSSR count). The summed E-state index contributed by atoms with van der Waals surface area (Å²) in [7, 11) is 0. The van der Waals surface area contributed by atoms with Gasteiger partial charge in [-0.25, -0.2) is 4.98 Å². The van der Waals surface area contributed by atoms with Gasteiger partial charge in [-0.3, -0.25) is 0 Å². The van der Waals surface area contributed by atoms with Crippen molar-refractivity contribution < 1.29 is 9.13 Å². The van der Waals surface area contributed by atoms with Gasteiger partial charge in [-0.05, 0) is 19.4 Å². The first-order chi connectivity index (χ1) is 7.79. The van der Waals surface area contributed by atoms with E-state index in [1.807, 2.05) is 6.92 Å². The number of rotatable bonds is 7. The molecule has 90 valence electrons. The topological polar surface area (TPSA) is 47.0 Å². The molecule has 0 saturated heterocycles. The summed E-state index contributed by atoms with van der Waals surface area (Å²) in [6.45, 7) is 5.98. The number of aromatic nitrogens is 2. The summed E-state index contributed by atoms with van der Waals surface area (Å²) in [5.74, 6) is -0.398. The second-order valence-electron chi connectivity index (χ2n) is 3.39. The third-order valence-corrected chi connectivity index (χ3v) is 2.11. The van der Waals surface area contributed by atoms with Gasteiger partial charge in [0.2, 0.25) is 5.82 Å². The van der Waals surface area contributed by atoms with E-state index < -0.39 is 5.82 Å². The fraction of sp³-hybridized carbons (Fsp3) is 0.636. The van der Waals surface area contributed by atoms with Crippen LogP contribution >= 0.6 is 0 Å². The van der Waals surface area contributed by atoms with E-state index >= 15 is 0 Å². The van der Waals surface area contributed by atoms with Crippen molar-refractivity contribution in [1.29, 1.82) is 0 Å². The van der Waals surface area contributed by atoms with Crippen molar-refractivity contribution in [2.75, 3.05) is 19.7 Å². The number of nitrogens with one attached hydrogen (secondary N) is 1. The Bertz CT molecular complexity index is 320. The van der Waals surface area contributed by atoms with Crippen LogP contribution in [0.15, 0.2) is 6.33 Å². The quantitative estimate of drug-likeness (QED) is 0.718. The van der Waals surface area contributed by atoms with Gasteiger partial charge in [0.05, 0.1) is 5.69 Å². The largest absolute Gasteiger partial charge is 0.474 e. The van der Waals surface area contributed by atoms with E-state index in [2.05, 4.69) is 22.2 Å². The summed E-state index contributed by atoms with van der Waals surface area (Å²) in [5.41, 5.74) is 0.395. The summed E-state index contributed by atoms with van der Waals surface area (Å²) < 4.78 is 18.8. The molecule has 0 atom stereocenters. The van der Waals surface area contributed by atoms with Crippen LogP contribution in [-0.4, -0.2) is 29.7 Å². The monoisotopic (exact) mass is 227 g/mol. The Morgan fingerprint density at radius 1 is 1.31 bits per heavy atom. The van der Waals surface area contributed by atoms with Gasteiger partial charge in [0.1, 0.15) is 12.9 Å². The lowest BCUT2D eigenvalue weighted by Crippen LogP contribution is -2.22. The Morgan fingerprint density at radius 2 is 2.12 bits per heavy atom. The average Bonchev–Trinajstić information content (AvgIpc) is 2.31. The molecule has 0 aliphatic rings. The Balaban J connectivity index is 2.41. The van der Waals surface area contributed by atoms with Crippen LogP contribution in [0.5, 0.6) is 5.88 Å². The highest BCUT2D eigenvalue weighted by Gasteiger charge is 2.10. The van der Waals surface area contributed by atoms with Crippen LogP contribution in [0, 0.1) is 5.82 Å². The number of hydrogen-bond donors (Lipinski definition) is 1. The van der Waals surface area contributed by atoms with E-state index in [0.29, 0.717) is 25.3 Å². The molecule has 0 amide bonds. The zero-order chi connectivity index (χ0) is 11.8. The highest BCUT2D eigenvalue weighted by molar-refractivity contribution is 5.16. The lowest BCUT2D eigenvalue weighted by atomic mass is 10.3. The molecule has 0 aliphatic heterocycles. The molecule has 0 unspecified atom stereocenters. The maximum absolute atomic E-state index is 13.6. The van der Waals surface area contributed by atoms with Crippen LogP contribution in [-0.2, 0) is 6.42 Å². The molecule has 0 bridgehead atoms. The maximum Gasteiger partial charge on any atom is 0.253 e. The smallest absolute Gasteiger partial charge is 0.253 e. The van der Waals surface area contributed by atoms with Gasteiger partial charge in [0, 0.05) is 6.54 Å². The number of ether oxygens (including phenoxy) is 1. The van der Waals surface area contributed by atoms with E-state index in [0.717, 1.165) is 13.0 Å². The minimum Gasteiger partial charge on any atom is -0.474 e. The second kappa shape index (κ2) is 7.11. The first kappa shape index (κ1) is 12.8. The van der Waals surface area contributed by atoms with Gasteiger partial charge in [0.25, 0.3) is 5.88 Å². The third kappa shape index (κ3) is 3.73. The lowest BCUT2D eigenvalue weighted by molar-refractivity contribution is 0.284. The number of hydrogen-bond acceptors (Lipinski definition) is 4. The van der Waals surface area contributed by atoms with Crippen molar-refractivity contribution in [3.8, 4) is 5.88 Å². The maximum atomic E-state index is 13.6. The Kier molecular flexibility index (Phi) is 5.71. The molecule has 0 saturated carbocycles. The highest BCUT2D eigenvalue weighted by atomic mass is 19.1. The molecular formula is C11H18FN3O. The molecule has 16 heavy (non-hydrogen) atoms. The van der Waals surface area contributed by atoms with Gasteiger partial charge >= 0.3 is 0 Å². The highest BCUT2D eigenvalue weighted by Crippen LogP contribution is 2.15. The lowest BCUT2D eigenvalue weighted by Gasteiger charge is -2.07. The molecule has 5 heteroatoms. The van der Waals surface area contributed by atoms with Crippen LogP contribution in [0.25, 0.3) is 0 Å². The molecule has 0 radical (unpaired) electrons. The van der Waals surface area contributed by atoms with E-state index in [1.165, 1.54) is 6.33 Å². The number of halogens is 1. The van der Waals surface area contributed by atoms with Crippen molar-refractivity contribution in [3.05, 3.63) is 17.8 Å². The number of aryl methyl sites for hydroxylation is 1. The molecule has 1 N–H and O–H groups in total. The van der Waals surface area contributed by atoms with Gasteiger partial charge < -0.3 is 10.1 Å². The van der Waals surface area contributed by atoms with Crippen molar-refractivity contribution in [1.82, 2.24) is 15.3 Å². The Labute approximate surface area is 95.3 Å². The molecular weight excluding hydrogens is 209 g/mol. The van der Waals surface area contributed by atoms with Gasteiger partial charge in [0.15, 0.2) is 0 Å². The molecule has 0 spiro atoms. The predicted octanol–water partition coefficient (Wildman–Crippen LogP) is 1.56. The van der Waals surface area contributed by atoms with E-state index in [9.17, 15) is 4.39 Å². The summed E-state index contributed by atoms with van der Waals surface area (Å²) >= 11 is 0.